The summed E-state index contributed by atoms with van der Waals surface area (Å²) in [6.07, 6.45) is -2.99. The molecule has 4 rings (SSSR count). The molecule has 0 radical (unpaired) electrons. The van der Waals surface area contributed by atoms with Gasteiger partial charge in [-0.05, 0) is 34.3 Å². The topological polar surface area (TPSA) is 137 Å². The van der Waals surface area contributed by atoms with Crippen LogP contribution in [0.3, 0.4) is 0 Å². The van der Waals surface area contributed by atoms with E-state index in [4.69, 9.17) is 26.2 Å². The van der Waals surface area contributed by atoms with Crippen LogP contribution >= 0.6 is 0 Å². The molecule has 4 atom stereocenters. The van der Waals surface area contributed by atoms with Crippen LogP contribution < -0.4 is 5.73 Å². The number of aliphatic hydroxyl groups is 1. The number of aliphatic hydroxyl groups excluding tert-OH is 1. The second-order valence-corrected chi connectivity index (χ2v) is 19.7. The lowest BCUT2D eigenvalue weighted by Gasteiger charge is -2.51. The van der Waals surface area contributed by atoms with Crippen molar-refractivity contribution in [3.8, 4) is 6.07 Å². The standard InChI is InChI=1S/C24H39N5O5Si2/c1-14(2)35(15(3)4)31-11-19-21(33-36(34-35,16(5)6)17(7)8)22(30)24(12-25,32-19)20-10-9-18-23(26)27-13-28-29(18)20/h9-10,13-17,19,21-22,30H,11H2,1-8H3,(H2,26,27,28)/t19-,21-,22-,24+/m1/s1/i11D2. The fourth-order valence-electron chi connectivity index (χ4n) is 5.52. The van der Waals surface area contributed by atoms with Crippen molar-refractivity contribution in [2.75, 3.05) is 12.3 Å². The predicted octanol–water partition coefficient (Wildman–Crippen LogP) is 3.75. The second kappa shape index (κ2) is 9.47. The molecule has 36 heavy (non-hydrogen) atoms. The number of nitrogens with two attached hydrogens (primary N) is 1. The van der Waals surface area contributed by atoms with Crippen LogP contribution in [-0.2, 0) is 23.3 Å². The zero-order chi connectivity index (χ0) is 28.4. The van der Waals surface area contributed by atoms with Gasteiger partial charge in [-0.2, -0.15) is 10.4 Å². The molecule has 0 amide bonds. The second-order valence-electron chi connectivity index (χ2n) is 11.0. The molecule has 2 aromatic rings. The Kier molecular flexibility index (Phi) is 6.44. The smallest absolute Gasteiger partial charge is 0.335 e. The maximum Gasteiger partial charge on any atom is 0.335 e. The first-order valence-corrected chi connectivity index (χ1v) is 16.5. The average Bonchev–Trinajstić information content (AvgIpc) is 3.37. The van der Waals surface area contributed by atoms with Crippen molar-refractivity contribution in [1.82, 2.24) is 14.6 Å². The Morgan fingerprint density at radius 1 is 1.14 bits per heavy atom. The zero-order valence-corrected chi connectivity index (χ0v) is 24.2. The van der Waals surface area contributed by atoms with Gasteiger partial charge in [0.15, 0.2) is 5.82 Å². The molecular weight excluding hydrogens is 494 g/mol. The van der Waals surface area contributed by atoms with Crippen LogP contribution in [0.15, 0.2) is 18.5 Å². The average molecular weight is 536 g/mol. The molecule has 10 nitrogen and oxygen atoms in total. The number of nitrogen functional groups attached to an aromatic ring is 1. The number of anilines is 1. The summed E-state index contributed by atoms with van der Waals surface area (Å²) in [6, 6.07) is 5.33. The fraction of sp³-hybridized carbons (Fsp3) is 0.708. The number of hydrogen-bond donors (Lipinski definition) is 2. The van der Waals surface area contributed by atoms with E-state index in [0.717, 1.165) is 0 Å². The lowest BCUT2D eigenvalue weighted by molar-refractivity contribution is -0.0678. The summed E-state index contributed by atoms with van der Waals surface area (Å²) in [5.74, 6) is 0.192. The van der Waals surface area contributed by atoms with Gasteiger partial charge in [0.2, 0.25) is 5.60 Å². The van der Waals surface area contributed by atoms with E-state index in [2.05, 4.69) is 16.2 Å². The van der Waals surface area contributed by atoms with E-state index in [1.54, 1.807) is 12.1 Å². The maximum absolute atomic E-state index is 11.8. The Morgan fingerprint density at radius 3 is 2.31 bits per heavy atom. The first-order valence-electron chi connectivity index (χ1n) is 13.5. The lowest BCUT2D eigenvalue weighted by atomic mass is 9.92. The number of hydrogen-bond acceptors (Lipinski definition) is 9. The number of nitriles is 1. The molecule has 4 heterocycles. The van der Waals surface area contributed by atoms with Crippen molar-refractivity contribution >= 4 is 28.5 Å². The van der Waals surface area contributed by atoms with Gasteiger partial charge in [-0.15, -0.1) is 0 Å². The summed E-state index contributed by atoms with van der Waals surface area (Å²) in [4.78, 5) is 3.99. The molecule has 12 heteroatoms. The quantitative estimate of drug-likeness (QED) is 0.548. The Labute approximate surface area is 218 Å². The van der Waals surface area contributed by atoms with Crippen LogP contribution in [0.1, 0.15) is 63.8 Å². The minimum Gasteiger partial charge on any atom is -0.414 e. The Balaban J connectivity index is 1.95. The van der Waals surface area contributed by atoms with Gasteiger partial charge >= 0.3 is 17.1 Å². The van der Waals surface area contributed by atoms with E-state index in [-0.39, 0.29) is 33.7 Å². The summed E-state index contributed by atoms with van der Waals surface area (Å²) >= 11 is 0. The molecule has 0 aromatic carbocycles. The molecule has 0 spiro atoms. The fourth-order valence-corrected chi connectivity index (χ4v) is 16.3. The van der Waals surface area contributed by atoms with Gasteiger partial charge in [-0.1, -0.05) is 55.4 Å². The molecule has 2 saturated heterocycles. The number of rotatable bonds is 5. The third-order valence-electron chi connectivity index (χ3n) is 7.56. The monoisotopic (exact) mass is 535 g/mol. The molecule has 2 aromatic heterocycles. The number of aromatic nitrogens is 3. The lowest BCUT2D eigenvalue weighted by Crippen LogP contribution is -2.66. The summed E-state index contributed by atoms with van der Waals surface area (Å²) in [6.45, 7) is 13.6. The van der Waals surface area contributed by atoms with Gasteiger partial charge in [0.1, 0.15) is 36.2 Å². The predicted molar refractivity (Wildman–Crippen MR) is 139 cm³/mol. The van der Waals surface area contributed by atoms with Crippen molar-refractivity contribution in [2.24, 2.45) is 0 Å². The van der Waals surface area contributed by atoms with Crippen LogP contribution in [0, 0.1) is 11.3 Å². The summed E-state index contributed by atoms with van der Waals surface area (Å²) < 4.78 is 46.3. The normalized spacial score (nSPS) is 32.3. The first kappa shape index (κ1) is 24.5. The van der Waals surface area contributed by atoms with Crippen LogP contribution in [0.5, 0.6) is 0 Å². The van der Waals surface area contributed by atoms with Crippen molar-refractivity contribution in [2.45, 2.75) is 101 Å². The molecule has 198 valence electrons. The maximum atomic E-state index is 11.8. The molecule has 2 aliphatic rings. The van der Waals surface area contributed by atoms with Crippen molar-refractivity contribution in [3.63, 3.8) is 0 Å². The van der Waals surface area contributed by atoms with Gasteiger partial charge < -0.3 is 28.5 Å². The van der Waals surface area contributed by atoms with Gasteiger partial charge in [-0.25, -0.2) is 9.50 Å². The van der Waals surface area contributed by atoms with Crippen LogP contribution in [0.25, 0.3) is 5.52 Å². The number of ether oxygens (including phenoxy) is 1. The molecule has 0 aliphatic carbocycles. The van der Waals surface area contributed by atoms with Gasteiger partial charge in [0.25, 0.3) is 0 Å². The van der Waals surface area contributed by atoms with Crippen molar-refractivity contribution in [1.29, 1.82) is 5.26 Å². The molecule has 0 unspecified atom stereocenters. The van der Waals surface area contributed by atoms with E-state index in [1.807, 2.05) is 55.4 Å². The van der Waals surface area contributed by atoms with Gasteiger partial charge in [0, 0.05) is 0 Å². The highest BCUT2D eigenvalue weighted by atomic mass is 28.5. The molecule has 0 saturated carbocycles. The zero-order valence-electron chi connectivity index (χ0n) is 24.2. The van der Waals surface area contributed by atoms with E-state index < -0.39 is 47.6 Å². The highest BCUT2D eigenvalue weighted by Gasteiger charge is 2.65. The minimum atomic E-state index is -3.30. The molecular formula is C24H39N5O5Si2. The van der Waals surface area contributed by atoms with E-state index in [1.165, 1.54) is 10.8 Å². The largest absolute Gasteiger partial charge is 0.414 e. The van der Waals surface area contributed by atoms with Gasteiger partial charge in [-0.3, -0.25) is 0 Å². The Morgan fingerprint density at radius 2 is 1.75 bits per heavy atom. The third kappa shape index (κ3) is 3.84. The van der Waals surface area contributed by atoms with Crippen LogP contribution in [-0.4, -0.2) is 61.7 Å². The van der Waals surface area contributed by atoms with E-state index in [0.29, 0.717) is 5.52 Å². The van der Waals surface area contributed by atoms with E-state index in [9.17, 15) is 10.4 Å². The first-order chi connectivity index (χ1) is 17.6. The summed E-state index contributed by atoms with van der Waals surface area (Å²) in [5, 5.41) is 26.6. The van der Waals surface area contributed by atoms with E-state index >= 15 is 0 Å². The number of fused-ring (bicyclic) bond motifs is 2. The van der Waals surface area contributed by atoms with Crippen molar-refractivity contribution < 1.29 is 25.6 Å². The highest BCUT2D eigenvalue weighted by molar-refractivity contribution is 6.84. The summed E-state index contributed by atoms with van der Waals surface area (Å²) in [7, 11) is -6.52. The van der Waals surface area contributed by atoms with Gasteiger partial charge in [0.05, 0.1) is 15.0 Å². The molecule has 3 N–H and O–H groups in total. The third-order valence-corrected chi connectivity index (χ3v) is 17.6. The number of nitrogens with zero attached hydrogens (tertiary/aromatic N) is 4. The summed E-state index contributed by atoms with van der Waals surface area (Å²) in [5.41, 5.74) is 4.27. The highest BCUT2D eigenvalue weighted by Crippen LogP contribution is 2.50. The van der Waals surface area contributed by atoms with Crippen LogP contribution in [0.4, 0.5) is 5.82 Å². The van der Waals surface area contributed by atoms with Crippen LogP contribution in [0.2, 0.25) is 22.2 Å². The molecule has 2 aliphatic heterocycles. The van der Waals surface area contributed by atoms with Crippen molar-refractivity contribution in [3.05, 3.63) is 24.2 Å². The Bertz CT molecular complexity index is 1220. The minimum absolute atomic E-state index is 0.0638. The molecule has 0 bridgehead atoms. The SMILES string of the molecule is [2H]C1([2H])O[Si](C(C)C)(C(C)C)O[Si](C(C)C)(C(C)C)O[C@H]2[C@@H](O)[C@](C#N)(c3ccc4c(N)ncnn34)O[C@@H]21. The molecule has 2 fully saturated rings. The Hall–Kier alpha value is -1.86.